The van der Waals surface area contributed by atoms with Crippen LogP contribution in [-0.2, 0) is 0 Å². The van der Waals surface area contributed by atoms with E-state index in [9.17, 15) is 0 Å². The van der Waals surface area contributed by atoms with Crippen LogP contribution in [0.5, 0.6) is 0 Å². The molecule has 0 saturated carbocycles. The fraction of sp³-hybridized carbons (Fsp3) is 0.0556. The van der Waals surface area contributed by atoms with Crippen LogP contribution in [0.4, 0.5) is 5.69 Å². The van der Waals surface area contributed by atoms with E-state index >= 15 is 0 Å². The quantitative estimate of drug-likeness (QED) is 0.405. The maximum Gasteiger partial charge on any atom is 0.181 e. The van der Waals surface area contributed by atoms with Gasteiger partial charge in [0.1, 0.15) is 28.4 Å². The summed E-state index contributed by atoms with van der Waals surface area (Å²) in [7, 11) is 0. The summed E-state index contributed by atoms with van der Waals surface area (Å²) in [6, 6.07) is 7.43. The number of nitrogens with one attached hydrogen (secondary N) is 2. The normalized spacial score (nSPS) is 11.5. The van der Waals surface area contributed by atoms with Crippen molar-refractivity contribution in [3.63, 3.8) is 0 Å². The van der Waals surface area contributed by atoms with E-state index in [0.29, 0.717) is 44.8 Å². The Morgan fingerprint density at radius 3 is 2.85 bits per heavy atom. The summed E-state index contributed by atoms with van der Waals surface area (Å²) in [6.45, 7) is 1.82. The number of aromatic amines is 2. The number of benzene rings is 1. The first kappa shape index (κ1) is 15.7. The average molecular weight is 377 g/mol. The van der Waals surface area contributed by atoms with Gasteiger partial charge in [-0.3, -0.25) is 10.1 Å². The van der Waals surface area contributed by atoms with Crippen LogP contribution in [0, 0.1) is 6.92 Å². The van der Waals surface area contributed by atoms with Crippen LogP contribution in [0.1, 0.15) is 5.82 Å². The fourth-order valence-electron chi connectivity index (χ4n) is 3.22. The van der Waals surface area contributed by atoms with Crippen molar-refractivity contribution >= 4 is 39.4 Å². The van der Waals surface area contributed by atoms with Gasteiger partial charge in [-0.05, 0) is 25.1 Å². The third-order valence-corrected chi connectivity index (χ3v) is 4.56. The number of pyridine rings is 1. The predicted octanol–water partition coefficient (Wildman–Crippen LogP) is 3.50. The van der Waals surface area contributed by atoms with Crippen molar-refractivity contribution < 1.29 is 0 Å². The number of fused-ring (bicyclic) bond motifs is 2. The molecule has 0 unspecified atom stereocenters. The predicted molar refractivity (Wildman–Crippen MR) is 104 cm³/mol. The number of anilines is 1. The Bertz CT molecular complexity index is 1320. The van der Waals surface area contributed by atoms with Gasteiger partial charge >= 0.3 is 0 Å². The molecule has 9 heteroatoms. The van der Waals surface area contributed by atoms with E-state index in [1.54, 1.807) is 12.5 Å². The van der Waals surface area contributed by atoms with Crippen molar-refractivity contribution in [1.29, 1.82) is 0 Å². The maximum absolute atomic E-state index is 6.26. The number of hydrogen-bond acceptors (Lipinski definition) is 6. The Morgan fingerprint density at radius 2 is 1.96 bits per heavy atom. The first-order chi connectivity index (χ1) is 13.1. The molecule has 0 fully saturated rings. The van der Waals surface area contributed by atoms with Crippen molar-refractivity contribution in [2.24, 2.45) is 0 Å². The molecule has 0 atom stereocenters. The van der Waals surface area contributed by atoms with E-state index in [1.807, 2.05) is 31.2 Å². The van der Waals surface area contributed by atoms with Crippen LogP contribution in [0.25, 0.3) is 44.7 Å². The van der Waals surface area contributed by atoms with Crippen molar-refractivity contribution in [2.45, 2.75) is 6.92 Å². The number of aromatic nitrogens is 7. The Labute approximate surface area is 157 Å². The molecule has 27 heavy (non-hydrogen) atoms. The highest BCUT2D eigenvalue weighted by atomic mass is 35.5. The smallest absolute Gasteiger partial charge is 0.181 e. The van der Waals surface area contributed by atoms with Crippen LogP contribution in [0.15, 0.2) is 36.8 Å². The van der Waals surface area contributed by atoms with Gasteiger partial charge in [0.25, 0.3) is 0 Å². The largest absolute Gasteiger partial charge is 0.398 e. The van der Waals surface area contributed by atoms with Crippen molar-refractivity contribution in [2.75, 3.05) is 5.73 Å². The van der Waals surface area contributed by atoms with Crippen LogP contribution < -0.4 is 5.73 Å². The van der Waals surface area contributed by atoms with Crippen molar-refractivity contribution in [3.05, 3.63) is 47.6 Å². The lowest BCUT2D eigenvalue weighted by Crippen LogP contribution is -1.98. The van der Waals surface area contributed by atoms with Crippen LogP contribution in [0.2, 0.25) is 5.02 Å². The molecule has 5 aromatic rings. The molecule has 0 amide bonds. The lowest BCUT2D eigenvalue weighted by Gasteiger charge is -2.09. The molecular formula is C18H13ClN8. The monoisotopic (exact) mass is 376 g/mol. The highest BCUT2D eigenvalue weighted by molar-refractivity contribution is 6.31. The summed E-state index contributed by atoms with van der Waals surface area (Å²) in [5.74, 6) is 0.599. The number of nitrogens with two attached hydrogens (primary N) is 1. The minimum Gasteiger partial charge on any atom is -0.398 e. The zero-order chi connectivity index (χ0) is 18.5. The molecule has 0 aliphatic rings. The molecule has 0 aliphatic carbocycles. The van der Waals surface area contributed by atoms with Gasteiger partial charge in [-0.25, -0.2) is 15.0 Å². The molecule has 0 bridgehead atoms. The summed E-state index contributed by atoms with van der Waals surface area (Å²) >= 11 is 6.26. The fourth-order valence-corrected chi connectivity index (χ4v) is 3.37. The Kier molecular flexibility index (Phi) is 3.34. The molecule has 5 rings (SSSR count). The van der Waals surface area contributed by atoms with Crippen LogP contribution in [-0.4, -0.2) is 35.1 Å². The van der Waals surface area contributed by atoms with E-state index in [-0.39, 0.29) is 0 Å². The Hall–Kier alpha value is -3.52. The number of rotatable bonds is 2. The highest BCUT2D eigenvalue weighted by Crippen LogP contribution is 2.37. The van der Waals surface area contributed by atoms with E-state index in [2.05, 4.69) is 35.1 Å². The molecule has 4 heterocycles. The van der Waals surface area contributed by atoms with Crippen LogP contribution >= 0.6 is 11.6 Å². The first-order valence-electron chi connectivity index (χ1n) is 8.18. The molecular weight excluding hydrogens is 364 g/mol. The summed E-state index contributed by atoms with van der Waals surface area (Å²) < 4.78 is 0. The van der Waals surface area contributed by atoms with Crippen molar-refractivity contribution in [3.8, 4) is 22.6 Å². The zero-order valence-electron chi connectivity index (χ0n) is 14.2. The summed E-state index contributed by atoms with van der Waals surface area (Å²) in [5.41, 5.74) is 11.6. The molecule has 4 N–H and O–H groups in total. The Balaban J connectivity index is 1.87. The molecule has 0 radical (unpaired) electrons. The molecule has 0 saturated heterocycles. The van der Waals surface area contributed by atoms with Gasteiger partial charge in [-0.15, -0.1) is 0 Å². The van der Waals surface area contributed by atoms with Gasteiger partial charge in [0, 0.05) is 17.4 Å². The lowest BCUT2D eigenvalue weighted by molar-refractivity contribution is 1.08. The number of H-pyrrole nitrogens is 2. The minimum absolute atomic E-state index is 0.491. The molecule has 132 valence electrons. The minimum atomic E-state index is 0.491. The van der Waals surface area contributed by atoms with Crippen molar-refractivity contribution in [1.82, 2.24) is 35.1 Å². The SMILES string of the molecule is Cc1nc(-c2cc(Cl)cnc2-c2n[nH]c3cccc(N)c23)c2[nH]cnc2n1. The second kappa shape index (κ2) is 5.75. The van der Waals surface area contributed by atoms with E-state index in [0.717, 1.165) is 16.5 Å². The molecule has 0 aliphatic heterocycles. The standard InChI is InChI=1S/C18H13ClN8/c1-8-24-15(17-18(25-8)23-7-22-17)10-5-9(19)6-21-14(10)16-13-11(20)3-2-4-12(13)26-27-16/h2-7H,20H2,1H3,(H,26,27)(H,22,23,24,25). The Morgan fingerprint density at radius 1 is 1.07 bits per heavy atom. The van der Waals surface area contributed by atoms with Gasteiger partial charge < -0.3 is 10.7 Å². The van der Waals surface area contributed by atoms with Gasteiger partial charge in [0.15, 0.2) is 5.65 Å². The summed E-state index contributed by atoms with van der Waals surface area (Å²) in [6.07, 6.45) is 3.17. The number of aryl methyl sites for hydroxylation is 1. The second-order valence-corrected chi connectivity index (χ2v) is 6.55. The zero-order valence-corrected chi connectivity index (χ0v) is 14.9. The number of hydrogen-bond donors (Lipinski definition) is 3. The topological polar surface area (TPSA) is 122 Å². The van der Waals surface area contributed by atoms with E-state index < -0.39 is 0 Å². The number of imidazole rings is 1. The summed E-state index contributed by atoms with van der Waals surface area (Å²) in [4.78, 5) is 20.8. The van der Waals surface area contributed by atoms with E-state index in [1.165, 1.54) is 0 Å². The summed E-state index contributed by atoms with van der Waals surface area (Å²) in [5, 5.41) is 8.76. The third-order valence-electron chi connectivity index (χ3n) is 4.35. The second-order valence-electron chi connectivity index (χ2n) is 6.11. The first-order valence-corrected chi connectivity index (χ1v) is 8.56. The van der Waals surface area contributed by atoms with E-state index in [4.69, 9.17) is 17.3 Å². The van der Waals surface area contributed by atoms with Gasteiger partial charge in [-0.1, -0.05) is 17.7 Å². The maximum atomic E-state index is 6.26. The molecule has 8 nitrogen and oxygen atoms in total. The number of halogens is 1. The van der Waals surface area contributed by atoms with Gasteiger partial charge in [-0.2, -0.15) is 5.10 Å². The molecule has 1 aromatic carbocycles. The number of nitrogen functional groups attached to an aromatic ring is 1. The molecule has 0 spiro atoms. The number of nitrogens with zero attached hydrogens (tertiary/aromatic N) is 5. The van der Waals surface area contributed by atoms with Gasteiger partial charge in [0.2, 0.25) is 0 Å². The highest BCUT2D eigenvalue weighted by Gasteiger charge is 2.20. The molecule has 4 aromatic heterocycles. The van der Waals surface area contributed by atoms with Gasteiger partial charge in [0.05, 0.1) is 22.3 Å². The lowest BCUT2D eigenvalue weighted by atomic mass is 10.0. The average Bonchev–Trinajstić information content (AvgIpc) is 3.28. The third kappa shape index (κ3) is 2.42. The van der Waals surface area contributed by atoms with Crippen LogP contribution in [0.3, 0.4) is 0 Å².